The molecule has 150 valence electrons. The van der Waals surface area contributed by atoms with E-state index in [1.165, 1.54) is 23.3 Å². The van der Waals surface area contributed by atoms with Gasteiger partial charge in [0.25, 0.3) is 0 Å². The number of rotatable bonds is 6. The van der Waals surface area contributed by atoms with Crippen molar-refractivity contribution in [2.45, 2.75) is 38.6 Å². The molecule has 29 heavy (non-hydrogen) atoms. The third-order valence-corrected chi connectivity index (χ3v) is 6.33. The van der Waals surface area contributed by atoms with Gasteiger partial charge in [-0.15, -0.1) is 11.3 Å². The van der Waals surface area contributed by atoms with Crippen LogP contribution in [0.15, 0.2) is 41.3 Å². The van der Waals surface area contributed by atoms with Crippen molar-refractivity contribution >= 4 is 40.8 Å². The molecule has 1 aromatic heterocycles. The highest BCUT2D eigenvalue weighted by atomic mass is 35.5. The quantitative estimate of drug-likeness (QED) is 0.381. The van der Waals surface area contributed by atoms with E-state index in [9.17, 15) is 14.4 Å². The van der Waals surface area contributed by atoms with E-state index in [0.717, 1.165) is 39.6 Å². The Balaban J connectivity index is 1.43. The molecule has 1 aliphatic heterocycles. The summed E-state index contributed by atoms with van der Waals surface area (Å²) in [5.74, 6) is -1.53. The third-order valence-electron chi connectivity index (χ3n) is 5.14. The Kier molecular flexibility index (Phi) is 5.78. The van der Waals surface area contributed by atoms with E-state index in [2.05, 4.69) is 11.1 Å². The van der Waals surface area contributed by atoms with Crippen LogP contribution in [-0.2, 0) is 16.1 Å². The molecule has 0 saturated carbocycles. The van der Waals surface area contributed by atoms with Crippen molar-refractivity contribution < 1.29 is 14.4 Å². The molecule has 1 saturated heterocycles. The molecular formula is C21H20ClN3O3S. The fourth-order valence-electron chi connectivity index (χ4n) is 3.54. The van der Waals surface area contributed by atoms with Gasteiger partial charge in [-0.25, -0.2) is 14.7 Å². The Bertz CT molecular complexity index is 983. The molecule has 0 atom stereocenters. The van der Waals surface area contributed by atoms with Crippen LogP contribution in [0.1, 0.15) is 37.8 Å². The molecule has 1 fully saturated rings. The molecule has 2 heterocycles. The van der Waals surface area contributed by atoms with Crippen LogP contribution in [0.3, 0.4) is 0 Å². The number of halogens is 1. The van der Waals surface area contributed by atoms with Crippen LogP contribution in [0.4, 0.5) is 4.79 Å². The maximum Gasteiger partial charge on any atom is 0.334 e. The van der Waals surface area contributed by atoms with E-state index in [0.29, 0.717) is 17.1 Å². The number of allylic oxidation sites excluding steroid dienone is 1. The predicted octanol–water partition coefficient (Wildman–Crippen LogP) is 4.64. The summed E-state index contributed by atoms with van der Waals surface area (Å²) in [4.78, 5) is 43.9. The van der Waals surface area contributed by atoms with E-state index in [4.69, 9.17) is 11.6 Å². The summed E-state index contributed by atoms with van der Waals surface area (Å²) in [6.45, 7) is 0.242. The van der Waals surface area contributed by atoms with Crippen LogP contribution in [0.2, 0.25) is 5.02 Å². The first kappa shape index (κ1) is 19.8. The summed E-state index contributed by atoms with van der Waals surface area (Å²) >= 11 is 7.33. The summed E-state index contributed by atoms with van der Waals surface area (Å²) in [6, 6.07) is 6.73. The zero-order valence-electron chi connectivity index (χ0n) is 15.8. The Labute approximate surface area is 177 Å². The van der Waals surface area contributed by atoms with E-state index in [-0.39, 0.29) is 13.1 Å². The number of aromatic nitrogens is 1. The minimum Gasteiger partial charge on any atom is -0.263 e. The van der Waals surface area contributed by atoms with Gasteiger partial charge < -0.3 is 0 Å². The van der Waals surface area contributed by atoms with Crippen LogP contribution in [0.25, 0.3) is 10.6 Å². The standard InChI is InChI=1S/C21H20ClN3O3S/c22-16-8-6-15(7-9-16)18-23-17(13-29-18)12-25-20(27)19(26)24(21(25)28)11-10-14-4-2-1-3-5-14/h4,6-9,13H,1-3,5,10-12H2. The number of imide groups is 2. The molecular weight excluding hydrogens is 410 g/mol. The number of carbonyl (C=O) groups is 3. The van der Waals surface area contributed by atoms with Crippen molar-refractivity contribution in [2.75, 3.05) is 6.54 Å². The Morgan fingerprint density at radius 2 is 1.79 bits per heavy atom. The van der Waals surface area contributed by atoms with Crippen molar-refractivity contribution in [1.29, 1.82) is 0 Å². The summed E-state index contributed by atoms with van der Waals surface area (Å²) in [5, 5.41) is 3.20. The molecule has 0 bridgehead atoms. The number of thiazole rings is 1. The van der Waals surface area contributed by atoms with Crippen LogP contribution in [-0.4, -0.2) is 39.2 Å². The first-order valence-corrected chi connectivity index (χ1v) is 10.8. The Hall–Kier alpha value is -2.51. The van der Waals surface area contributed by atoms with Crippen molar-refractivity contribution in [1.82, 2.24) is 14.8 Å². The molecule has 0 spiro atoms. The van der Waals surface area contributed by atoms with Gasteiger partial charge in [-0.05, 0) is 44.2 Å². The smallest absolute Gasteiger partial charge is 0.263 e. The molecule has 0 unspecified atom stereocenters. The lowest BCUT2D eigenvalue weighted by Crippen LogP contribution is -2.34. The normalized spacial score (nSPS) is 17.3. The van der Waals surface area contributed by atoms with Gasteiger partial charge in [0.1, 0.15) is 5.01 Å². The summed E-state index contributed by atoms with van der Waals surface area (Å²) in [6.07, 6.45) is 7.18. The van der Waals surface area contributed by atoms with Crippen LogP contribution in [0.5, 0.6) is 0 Å². The van der Waals surface area contributed by atoms with E-state index >= 15 is 0 Å². The molecule has 4 amide bonds. The molecule has 8 heteroatoms. The van der Waals surface area contributed by atoms with Gasteiger partial charge in [0, 0.05) is 22.5 Å². The molecule has 0 radical (unpaired) electrons. The van der Waals surface area contributed by atoms with Crippen LogP contribution < -0.4 is 0 Å². The first-order valence-electron chi connectivity index (χ1n) is 9.58. The molecule has 0 N–H and O–H groups in total. The zero-order valence-corrected chi connectivity index (χ0v) is 17.3. The Morgan fingerprint density at radius 3 is 2.52 bits per heavy atom. The van der Waals surface area contributed by atoms with Crippen LogP contribution in [0, 0.1) is 0 Å². The number of urea groups is 1. The molecule has 4 rings (SSSR count). The third kappa shape index (κ3) is 4.26. The van der Waals surface area contributed by atoms with Crippen molar-refractivity contribution in [3.8, 4) is 10.6 Å². The van der Waals surface area contributed by atoms with Crippen molar-refractivity contribution in [3.05, 3.63) is 52.0 Å². The highest BCUT2D eigenvalue weighted by Gasteiger charge is 2.44. The highest BCUT2D eigenvalue weighted by molar-refractivity contribution is 7.13. The number of carbonyl (C=O) groups excluding carboxylic acids is 3. The van der Waals surface area contributed by atoms with Crippen molar-refractivity contribution in [3.63, 3.8) is 0 Å². The number of nitrogens with zero attached hydrogens (tertiary/aromatic N) is 3. The monoisotopic (exact) mass is 429 g/mol. The van der Waals surface area contributed by atoms with E-state index < -0.39 is 17.8 Å². The second-order valence-electron chi connectivity index (χ2n) is 7.14. The summed E-state index contributed by atoms with van der Waals surface area (Å²) in [7, 11) is 0. The van der Waals surface area contributed by atoms with Gasteiger partial charge in [0.2, 0.25) is 0 Å². The van der Waals surface area contributed by atoms with Gasteiger partial charge in [-0.3, -0.25) is 14.5 Å². The number of hydrogen-bond acceptors (Lipinski definition) is 5. The maximum absolute atomic E-state index is 12.7. The van der Waals surface area contributed by atoms with Gasteiger partial charge in [0.15, 0.2) is 0 Å². The second-order valence-corrected chi connectivity index (χ2v) is 8.43. The number of benzene rings is 1. The van der Waals surface area contributed by atoms with Gasteiger partial charge >= 0.3 is 17.8 Å². The van der Waals surface area contributed by atoms with Gasteiger partial charge in [-0.2, -0.15) is 0 Å². The molecule has 1 aromatic carbocycles. The SMILES string of the molecule is O=C1C(=O)N(Cc2csc(-c3ccc(Cl)cc3)n2)C(=O)N1CCC1=CCCCC1. The highest BCUT2D eigenvalue weighted by Crippen LogP contribution is 2.27. The number of hydrogen-bond donors (Lipinski definition) is 0. The maximum atomic E-state index is 12.7. The van der Waals surface area contributed by atoms with Gasteiger partial charge in [0.05, 0.1) is 12.2 Å². The lowest BCUT2D eigenvalue weighted by atomic mass is 9.97. The summed E-state index contributed by atoms with van der Waals surface area (Å²) in [5.41, 5.74) is 2.74. The number of amides is 4. The molecule has 6 nitrogen and oxygen atoms in total. The first-order chi connectivity index (χ1) is 14.0. The average molecular weight is 430 g/mol. The van der Waals surface area contributed by atoms with Crippen LogP contribution >= 0.6 is 22.9 Å². The topological polar surface area (TPSA) is 70.6 Å². The lowest BCUT2D eigenvalue weighted by molar-refractivity contribution is -0.143. The zero-order chi connectivity index (χ0) is 20.4. The van der Waals surface area contributed by atoms with Gasteiger partial charge in [-0.1, -0.05) is 35.4 Å². The molecule has 2 aliphatic rings. The van der Waals surface area contributed by atoms with E-state index in [1.54, 1.807) is 17.5 Å². The predicted molar refractivity (Wildman–Crippen MR) is 111 cm³/mol. The second kappa shape index (κ2) is 8.47. The fraction of sp³-hybridized carbons (Fsp3) is 0.333. The minimum atomic E-state index is -0.784. The minimum absolute atomic E-state index is 0.00725. The molecule has 1 aliphatic carbocycles. The van der Waals surface area contributed by atoms with Crippen molar-refractivity contribution in [2.24, 2.45) is 0 Å². The van der Waals surface area contributed by atoms with E-state index in [1.807, 2.05) is 12.1 Å². The Morgan fingerprint density at radius 1 is 1.03 bits per heavy atom. The largest absolute Gasteiger partial charge is 0.334 e. The summed E-state index contributed by atoms with van der Waals surface area (Å²) < 4.78 is 0. The average Bonchev–Trinajstić information content (AvgIpc) is 3.28. The molecule has 2 aromatic rings. The fourth-order valence-corrected chi connectivity index (χ4v) is 4.48. The lowest BCUT2D eigenvalue weighted by Gasteiger charge is -2.17.